The van der Waals surface area contributed by atoms with Crippen LogP contribution in [-0.4, -0.2) is 32.5 Å². The SMILES string of the molecule is CC(C)OOC(=O)OC(C)C.CN(C)c1ccccc1. The Morgan fingerprint density at radius 2 is 1.55 bits per heavy atom. The zero-order valence-corrected chi connectivity index (χ0v) is 13.1. The lowest BCUT2D eigenvalue weighted by atomic mass is 10.3. The molecular formula is C15H25NO4. The van der Waals surface area contributed by atoms with Crippen molar-refractivity contribution in [3.63, 3.8) is 0 Å². The van der Waals surface area contributed by atoms with Gasteiger partial charge in [0.05, 0.1) is 12.2 Å². The zero-order valence-electron chi connectivity index (χ0n) is 13.1. The highest BCUT2D eigenvalue weighted by Gasteiger charge is 2.08. The summed E-state index contributed by atoms with van der Waals surface area (Å²) >= 11 is 0. The van der Waals surface area contributed by atoms with Gasteiger partial charge in [0, 0.05) is 19.8 Å². The molecule has 0 unspecified atom stereocenters. The first-order valence-electron chi connectivity index (χ1n) is 6.59. The summed E-state index contributed by atoms with van der Waals surface area (Å²) < 4.78 is 4.61. The summed E-state index contributed by atoms with van der Waals surface area (Å²) in [4.78, 5) is 21.5. The molecule has 0 aliphatic heterocycles. The number of ether oxygens (including phenoxy) is 1. The molecule has 0 N–H and O–H groups in total. The average molecular weight is 283 g/mol. The fourth-order valence-corrected chi connectivity index (χ4v) is 1.07. The molecule has 0 amide bonds. The minimum absolute atomic E-state index is 0.144. The van der Waals surface area contributed by atoms with Crippen molar-refractivity contribution in [3.05, 3.63) is 30.3 Å². The highest BCUT2D eigenvalue weighted by Crippen LogP contribution is 2.07. The molecule has 114 valence electrons. The van der Waals surface area contributed by atoms with E-state index >= 15 is 0 Å². The summed E-state index contributed by atoms with van der Waals surface area (Å²) in [5, 5.41) is 0. The maximum Gasteiger partial charge on any atom is 0.540 e. The minimum Gasteiger partial charge on any atom is -0.430 e. The predicted molar refractivity (Wildman–Crippen MR) is 79.7 cm³/mol. The van der Waals surface area contributed by atoms with Crippen LogP contribution in [0.25, 0.3) is 0 Å². The summed E-state index contributed by atoms with van der Waals surface area (Å²) in [5.74, 6) is 0. The van der Waals surface area contributed by atoms with Crippen LogP contribution in [0.5, 0.6) is 0 Å². The summed E-state index contributed by atoms with van der Waals surface area (Å²) in [6.45, 7) is 6.97. The molecule has 0 aromatic heterocycles. The Labute approximate surface area is 121 Å². The summed E-state index contributed by atoms with van der Waals surface area (Å²) in [7, 11) is 4.07. The highest BCUT2D eigenvalue weighted by molar-refractivity contribution is 5.59. The number of anilines is 1. The van der Waals surface area contributed by atoms with Gasteiger partial charge in [0.1, 0.15) is 0 Å². The van der Waals surface area contributed by atoms with Gasteiger partial charge >= 0.3 is 6.16 Å². The van der Waals surface area contributed by atoms with Crippen LogP contribution < -0.4 is 4.90 Å². The zero-order chi connectivity index (χ0) is 15.5. The number of carbonyl (C=O) groups excluding carboxylic acids is 1. The van der Waals surface area contributed by atoms with Gasteiger partial charge in [-0.25, -0.2) is 4.79 Å². The van der Waals surface area contributed by atoms with Crippen molar-refractivity contribution < 1.29 is 19.3 Å². The van der Waals surface area contributed by atoms with Crippen LogP contribution in [0.15, 0.2) is 30.3 Å². The van der Waals surface area contributed by atoms with Gasteiger partial charge in [-0.15, -0.1) is 0 Å². The first-order chi connectivity index (χ1) is 9.32. The van der Waals surface area contributed by atoms with Crippen molar-refractivity contribution in [1.29, 1.82) is 0 Å². The molecule has 0 heterocycles. The Balaban J connectivity index is 0.000000367. The van der Waals surface area contributed by atoms with E-state index in [1.165, 1.54) is 5.69 Å². The van der Waals surface area contributed by atoms with Crippen molar-refractivity contribution in [2.45, 2.75) is 39.9 Å². The van der Waals surface area contributed by atoms with Gasteiger partial charge in [-0.05, 0) is 39.8 Å². The lowest BCUT2D eigenvalue weighted by Gasteiger charge is -2.10. The quantitative estimate of drug-likeness (QED) is 0.479. The number of benzene rings is 1. The van der Waals surface area contributed by atoms with Crippen LogP contribution in [0.3, 0.4) is 0 Å². The van der Waals surface area contributed by atoms with Crippen molar-refractivity contribution in [2.75, 3.05) is 19.0 Å². The van der Waals surface area contributed by atoms with E-state index in [-0.39, 0.29) is 12.2 Å². The minimum atomic E-state index is -0.798. The van der Waals surface area contributed by atoms with Crippen molar-refractivity contribution >= 4 is 11.8 Å². The van der Waals surface area contributed by atoms with Crippen molar-refractivity contribution in [1.82, 2.24) is 0 Å². The highest BCUT2D eigenvalue weighted by atomic mass is 17.2. The monoisotopic (exact) mass is 283 g/mol. The third-order valence-electron chi connectivity index (χ3n) is 1.91. The van der Waals surface area contributed by atoms with Crippen LogP contribution in [-0.2, 0) is 14.5 Å². The molecule has 0 saturated heterocycles. The Morgan fingerprint density at radius 1 is 1.00 bits per heavy atom. The van der Waals surface area contributed by atoms with Gasteiger partial charge < -0.3 is 9.64 Å². The van der Waals surface area contributed by atoms with Gasteiger partial charge in [-0.1, -0.05) is 18.2 Å². The largest absolute Gasteiger partial charge is 0.540 e. The Morgan fingerprint density at radius 3 is 1.90 bits per heavy atom. The van der Waals surface area contributed by atoms with Crippen LogP contribution in [0, 0.1) is 0 Å². The lowest BCUT2D eigenvalue weighted by Crippen LogP contribution is -2.15. The second-order valence-electron chi connectivity index (χ2n) is 4.87. The molecule has 1 aromatic rings. The molecule has 5 nitrogen and oxygen atoms in total. The van der Waals surface area contributed by atoms with Crippen LogP contribution in [0.2, 0.25) is 0 Å². The molecule has 0 atom stereocenters. The number of rotatable bonds is 4. The smallest absolute Gasteiger partial charge is 0.430 e. The maximum atomic E-state index is 10.6. The van der Waals surface area contributed by atoms with E-state index in [0.717, 1.165) is 0 Å². The average Bonchev–Trinajstić information content (AvgIpc) is 2.37. The third kappa shape index (κ3) is 10.2. The van der Waals surface area contributed by atoms with E-state index in [2.05, 4.69) is 31.5 Å². The van der Waals surface area contributed by atoms with E-state index in [4.69, 9.17) is 0 Å². The molecular weight excluding hydrogens is 258 g/mol. The topological polar surface area (TPSA) is 48.0 Å². The maximum absolute atomic E-state index is 10.6. The van der Waals surface area contributed by atoms with Gasteiger partial charge in [0.25, 0.3) is 0 Å². The number of carbonyl (C=O) groups is 1. The van der Waals surface area contributed by atoms with Gasteiger partial charge in [0.2, 0.25) is 0 Å². The molecule has 20 heavy (non-hydrogen) atoms. The molecule has 0 saturated carbocycles. The number of para-hydroxylation sites is 1. The number of hydrogen-bond donors (Lipinski definition) is 0. The van der Waals surface area contributed by atoms with Crippen molar-refractivity contribution in [2.24, 2.45) is 0 Å². The molecule has 0 bridgehead atoms. The second kappa shape index (κ2) is 10.1. The molecule has 0 aliphatic rings. The second-order valence-corrected chi connectivity index (χ2v) is 4.87. The lowest BCUT2D eigenvalue weighted by molar-refractivity contribution is -0.279. The number of nitrogens with zero attached hydrogens (tertiary/aromatic N) is 1. The van der Waals surface area contributed by atoms with Gasteiger partial charge in [-0.3, -0.25) is 4.89 Å². The predicted octanol–water partition coefficient (Wildman–Crippen LogP) is 3.64. The molecule has 0 fully saturated rings. The summed E-state index contributed by atoms with van der Waals surface area (Å²) in [5.41, 5.74) is 1.25. The molecule has 5 heteroatoms. The van der Waals surface area contributed by atoms with Gasteiger partial charge in [0.15, 0.2) is 0 Å². The van der Waals surface area contributed by atoms with E-state index < -0.39 is 6.16 Å². The van der Waals surface area contributed by atoms with E-state index in [1.807, 2.05) is 32.3 Å². The molecule has 0 radical (unpaired) electrons. The third-order valence-corrected chi connectivity index (χ3v) is 1.91. The van der Waals surface area contributed by atoms with Crippen LogP contribution >= 0.6 is 0 Å². The fraction of sp³-hybridized carbons (Fsp3) is 0.533. The fourth-order valence-electron chi connectivity index (χ4n) is 1.07. The van der Waals surface area contributed by atoms with E-state index in [1.54, 1.807) is 27.7 Å². The normalized spacial score (nSPS) is 9.80. The standard InChI is InChI=1S/C8H11N.C7H14O4/c1-9(2)8-6-4-3-5-7-8;1-5(2)9-7(8)11-10-6(3)4/h3-7H,1-2H3;5-6H,1-4H3. The summed E-state index contributed by atoms with van der Waals surface area (Å²) in [6, 6.07) is 10.3. The number of hydrogen-bond acceptors (Lipinski definition) is 5. The van der Waals surface area contributed by atoms with Crippen LogP contribution in [0.1, 0.15) is 27.7 Å². The van der Waals surface area contributed by atoms with Gasteiger partial charge in [-0.2, -0.15) is 4.89 Å². The van der Waals surface area contributed by atoms with E-state index in [9.17, 15) is 4.79 Å². The molecule has 0 spiro atoms. The first-order valence-corrected chi connectivity index (χ1v) is 6.59. The summed E-state index contributed by atoms with van der Waals surface area (Å²) in [6.07, 6.45) is -1.12. The molecule has 0 aliphatic carbocycles. The Bertz CT molecular complexity index is 363. The van der Waals surface area contributed by atoms with E-state index in [0.29, 0.717) is 0 Å². The first kappa shape index (κ1) is 18.2. The molecule has 1 aromatic carbocycles. The Hall–Kier alpha value is -1.75. The van der Waals surface area contributed by atoms with Crippen LogP contribution in [0.4, 0.5) is 10.5 Å². The molecule has 1 rings (SSSR count). The Kier molecular flexibility index (Phi) is 9.20. The van der Waals surface area contributed by atoms with Crippen molar-refractivity contribution in [3.8, 4) is 0 Å².